The molecule has 8 aromatic carbocycles. The molecule has 1 unspecified atom stereocenters. The van der Waals surface area contributed by atoms with Gasteiger partial charge in [-0.1, -0.05) is 140 Å². The van der Waals surface area contributed by atoms with Crippen LogP contribution in [0.3, 0.4) is 0 Å². The van der Waals surface area contributed by atoms with Crippen LogP contribution >= 0.6 is 0 Å². The van der Waals surface area contributed by atoms with Crippen LogP contribution in [0.2, 0.25) is 0 Å². The van der Waals surface area contributed by atoms with Crippen molar-refractivity contribution in [2.24, 2.45) is 0 Å². The summed E-state index contributed by atoms with van der Waals surface area (Å²) in [5.74, 6) is 0.249. The van der Waals surface area contributed by atoms with Crippen molar-refractivity contribution >= 4 is 43.7 Å². The lowest BCUT2D eigenvalue weighted by atomic mass is 9.89. The molecule has 2 heterocycles. The van der Waals surface area contributed by atoms with Gasteiger partial charge in [0, 0.05) is 38.7 Å². The molecular formula is C49H31NO. The molecule has 1 aliphatic carbocycles. The molecule has 11 rings (SSSR count). The van der Waals surface area contributed by atoms with Crippen LogP contribution in [-0.2, 0) is 0 Å². The second kappa shape index (κ2) is 10.9. The van der Waals surface area contributed by atoms with Crippen LogP contribution in [-0.4, -0.2) is 4.57 Å². The topological polar surface area (TPSA) is 18.1 Å². The van der Waals surface area contributed by atoms with Crippen molar-refractivity contribution in [3.05, 3.63) is 199 Å². The van der Waals surface area contributed by atoms with Gasteiger partial charge >= 0.3 is 0 Å². The van der Waals surface area contributed by atoms with Gasteiger partial charge in [0.2, 0.25) is 0 Å². The van der Waals surface area contributed by atoms with Gasteiger partial charge in [-0.3, -0.25) is 0 Å². The molecule has 0 amide bonds. The molecule has 10 aromatic rings. The lowest BCUT2D eigenvalue weighted by molar-refractivity contribution is 0.670. The Morgan fingerprint density at radius 1 is 0.392 bits per heavy atom. The van der Waals surface area contributed by atoms with E-state index in [0.29, 0.717) is 0 Å². The Bertz CT molecular complexity index is 2930. The first kappa shape index (κ1) is 28.2. The van der Waals surface area contributed by atoms with Gasteiger partial charge in [0.25, 0.3) is 0 Å². The third-order valence-corrected chi connectivity index (χ3v) is 10.9. The van der Waals surface area contributed by atoms with Gasteiger partial charge in [0.05, 0.1) is 11.0 Å². The first-order valence-corrected chi connectivity index (χ1v) is 17.6. The van der Waals surface area contributed by atoms with Crippen molar-refractivity contribution in [3.63, 3.8) is 0 Å². The molecule has 0 saturated heterocycles. The zero-order valence-electron chi connectivity index (χ0n) is 27.8. The summed E-state index contributed by atoms with van der Waals surface area (Å²) < 4.78 is 9.05. The predicted molar refractivity (Wildman–Crippen MR) is 212 cm³/mol. The molecule has 2 nitrogen and oxygen atoms in total. The van der Waals surface area contributed by atoms with E-state index in [1.165, 1.54) is 60.8 Å². The average Bonchev–Trinajstić information content (AvgIpc) is 3.85. The summed E-state index contributed by atoms with van der Waals surface area (Å²) in [7, 11) is 0. The molecule has 1 atom stereocenters. The number of furan rings is 1. The van der Waals surface area contributed by atoms with Gasteiger partial charge in [-0.05, 0) is 87.0 Å². The Morgan fingerprint density at radius 3 is 1.88 bits per heavy atom. The number of hydrogen-bond acceptors (Lipinski definition) is 1. The highest BCUT2D eigenvalue weighted by atomic mass is 16.3. The monoisotopic (exact) mass is 649 g/mol. The molecule has 0 fully saturated rings. The first-order chi connectivity index (χ1) is 25.3. The highest BCUT2D eigenvalue weighted by Gasteiger charge is 2.30. The SMILES string of the molecule is c1ccc(C2c3ccccc3-c3cc(-c4ccc5oc6c(-c7cccc(-n8c9ccccc9c9ccccc98)c7)cccc6c5c4)ccc32)cc1. The van der Waals surface area contributed by atoms with E-state index in [-0.39, 0.29) is 5.92 Å². The van der Waals surface area contributed by atoms with Gasteiger partial charge in [0.1, 0.15) is 11.2 Å². The smallest absolute Gasteiger partial charge is 0.143 e. The Morgan fingerprint density at radius 2 is 1.04 bits per heavy atom. The van der Waals surface area contributed by atoms with E-state index in [1.807, 2.05) is 0 Å². The Kier molecular flexibility index (Phi) is 6.05. The number of benzene rings is 8. The van der Waals surface area contributed by atoms with Gasteiger partial charge in [-0.2, -0.15) is 0 Å². The van der Waals surface area contributed by atoms with Crippen LogP contribution in [0.1, 0.15) is 22.6 Å². The number of nitrogens with zero attached hydrogens (tertiary/aromatic N) is 1. The molecule has 0 radical (unpaired) electrons. The summed E-state index contributed by atoms with van der Waals surface area (Å²) in [6.07, 6.45) is 0. The lowest BCUT2D eigenvalue weighted by Crippen LogP contribution is -1.98. The van der Waals surface area contributed by atoms with Crippen LogP contribution in [0.15, 0.2) is 186 Å². The van der Waals surface area contributed by atoms with E-state index in [1.54, 1.807) is 0 Å². The van der Waals surface area contributed by atoms with Crippen molar-refractivity contribution in [1.82, 2.24) is 4.57 Å². The van der Waals surface area contributed by atoms with Gasteiger partial charge in [0.15, 0.2) is 0 Å². The van der Waals surface area contributed by atoms with E-state index in [0.717, 1.165) is 38.8 Å². The van der Waals surface area contributed by atoms with Crippen molar-refractivity contribution in [1.29, 1.82) is 0 Å². The summed E-state index contributed by atoms with van der Waals surface area (Å²) in [5, 5.41) is 4.78. The third-order valence-electron chi connectivity index (χ3n) is 10.9. The van der Waals surface area contributed by atoms with Gasteiger partial charge in [-0.25, -0.2) is 0 Å². The van der Waals surface area contributed by atoms with E-state index < -0.39 is 0 Å². The number of hydrogen-bond donors (Lipinski definition) is 0. The maximum atomic E-state index is 6.68. The van der Waals surface area contributed by atoms with Crippen LogP contribution in [0.4, 0.5) is 0 Å². The molecule has 0 aliphatic heterocycles. The van der Waals surface area contributed by atoms with E-state index in [2.05, 4.69) is 187 Å². The zero-order chi connectivity index (χ0) is 33.5. The number of fused-ring (bicyclic) bond motifs is 9. The lowest BCUT2D eigenvalue weighted by Gasteiger charge is -2.14. The zero-order valence-corrected chi connectivity index (χ0v) is 27.8. The molecule has 0 N–H and O–H groups in total. The molecule has 0 spiro atoms. The molecule has 0 bridgehead atoms. The van der Waals surface area contributed by atoms with Crippen molar-refractivity contribution in [2.75, 3.05) is 0 Å². The third kappa shape index (κ3) is 4.23. The van der Waals surface area contributed by atoms with Gasteiger partial charge < -0.3 is 8.98 Å². The summed E-state index contributed by atoms with van der Waals surface area (Å²) in [6, 6.07) is 66.1. The standard InChI is InChI=1S/C49H31NO/c1-2-12-31(13-3-1)48-40-19-5-4-16-37(40)43-29-32(24-26-41(43)48)33-25-27-47-44(30-33)42-21-11-20-36(49(42)51-47)34-14-10-15-35(28-34)50-45-22-8-6-17-38(45)39-18-7-9-23-46(39)50/h1-30,48H. The van der Waals surface area contributed by atoms with E-state index in [9.17, 15) is 0 Å². The van der Waals surface area contributed by atoms with Crippen molar-refractivity contribution in [2.45, 2.75) is 5.92 Å². The summed E-state index contributed by atoms with van der Waals surface area (Å²) in [4.78, 5) is 0. The highest BCUT2D eigenvalue weighted by Crippen LogP contribution is 2.49. The second-order valence-electron chi connectivity index (χ2n) is 13.6. The summed E-state index contributed by atoms with van der Waals surface area (Å²) in [6.45, 7) is 0. The molecule has 0 saturated carbocycles. The van der Waals surface area contributed by atoms with Crippen LogP contribution in [0.25, 0.3) is 82.8 Å². The average molecular weight is 650 g/mol. The fourth-order valence-corrected chi connectivity index (χ4v) is 8.61. The maximum absolute atomic E-state index is 6.68. The maximum Gasteiger partial charge on any atom is 0.143 e. The molecule has 1 aliphatic rings. The molecule has 238 valence electrons. The molecule has 51 heavy (non-hydrogen) atoms. The minimum atomic E-state index is 0.249. The quantitative estimate of drug-likeness (QED) is 0.186. The second-order valence-corrected chi connectivity index (χ2v) is 13.6. The molecular weight excluding hydrogens is 619 g/mol. The normalized spacial score (nSPS) is 13.7. The van der Waals surface area contributed by atoms with Crippen LogP contribution in [0.5, 0.6) is 0 Å². The molecule has 2 aromatic heterocycles. The Balaban J connectivity index is 1.02. The fraction of sp³-hybridized carbons (Fsp3) is 0.0204. The first-order valence-electron chi connectivity index (χ1n) is 17.6. The minimum Gasteiger partial charge on any atom is -0.455 e. The Labute approximate surface area is 295 Å². The fourth-order valence-electron chi connectivity index (χ4n) is 8.61. The highest BCUT2D eigenvalue weighted by molar-refractivity contribution is 6.11. The largest absolute Gasteiger partial charge is 0.455 e. The predicted octanol–water partition coefficient (Wildman–Crippen LogP) is 13.2. The number of para-hydroxylation sites is 3. The van der Waals surface area contributed by atoms with Crippen LogP contribution in [0, 0.1) is 0 Å². The van der Waals surface area contributed by atoms with Gasteiger partial charge in [-0.15, -0.1) is 0 Å². The number of rotatable bonds is 4. The van der Waals surface area contributed by atoms with Crippen molar-refractivity contribution < 1.29 is 4.42 Å². The Hall–Kier alpha value is -6.64. The van der Waals surface area contributed by atoms with Crippen LogP contribution < -0.4 is 0 Å². The summed E-state index contributed by atoms with van der Waals surface area (Å²) >= 11 is 0. The summed E-state index contributed by atoms with van der Waals surface area (Å²) in [5.41, 5.74) is 16.7. The van der Waals surface area contributed by atoms with E-state index >= 15 is 0 Å². The van der Waals surface area contributed by atoms with Crippen molar-refractivity contribution in [3.8, 4) is 39.1 Å². The minimum absolute atomic E-state index is 0.249. The number of aromatic nitrogens is 1. The molecule has 2 heteroatoms. The van der Waals surface area contributed by atoms with E-state index in [4.69, 9.17) is 4.42 Å².